The Hall–Kier alpha value is -2.16. The third kappa shape index (κ3) is 4.63. The Morgan fingerprint density at radius 3 is 2.32 bits per heavy atom. The lowest BCUT2D eigenvalue weighted by Gasteiger charge is -2.24. The predicted molar refractivity (Wildman–Crippen MR) is 103 cm³/mol. The molecule has 28 heavy (non-hydrogen) atoms. The van der Waals surface area contributed by atoms with Crippen LogP contribution >= 0.6 is 0 Å². The van der Waals surface area contributed by atoms with Crippen molar-refractivity contribution in [3.63, 3.8) is 0 Å². The maximum atomic E-state index is 12.5. The van der Waals surface area contributed by atoms with Crippen LogP contribution in [0.15, 0.2) is 45.9 Å². The largest absolute Gasteiger partial charge is 0.455 e. The Kier molecular flexibility index (Phi) is 5.92. The third-order valence-corrected chi connectivity index (χ3v) is 6.31. The molecule has 3 rings (SSSR count). The van der Waals surface area contributed by atoms with E-state index >= 15 is 0 Å². The highest BCUT2D eigenvalue weighted by Crippen LogP contribution is 2.23. The van der Waals surface area contributed by atoms with E-state index in [1.54, 1.807) is 0 Å². The zero-order valence-corrected chi connectivity index (χ0v) is 17.1. The third-order valence-electron chi connectivity index (χ3n) is 4.54. The van der Waals surface area contributed by atoms with Crippen LogP contribution in [-0.2, 0) is 31.5 Å². The first kappa shape index (κ1) is 20.6. The molecule has 0 saturated carbocycles. The molecular weight excluding hydrogens is 382 g/mol. The summed E-state index contributed by atoms with van der Waals surface area (Å²) in [5, 5.41) is -0.268. The van der Waals surface area contributed by atoms with E-state index in [4.69, 9.17) is 13.9 Å². The lowest BCUT2D eigenvalue weighted by molar-refractivity contribution is 0.0428. The van der Waals surface area contributed by atoms with E-state index in [1.165, 1.54) is 22.0 Å². The molecule has 1 aliphatic rings. The van der Waals surface area contributed by atoms with Crippen LogP contribution < -0.4 is 0 Å². The molecule has 1 aromatic carbocycles. The summed E-state index contributed by atoms with van der Waals surface area (Å²) in [6, 6.07) is 10.4. The Labute approximate surface area is 165 Å². The van der Waals surface area contributed by atoms with Crippen molar-refractivity contribution in [1.29, 1.82) is 0 Å². The zero-order chi connectivity index (χ0) is 20.4. The maximum Gasteiger partial charge on any atom is 0.374 e. The van der Waals surface area contributed by atoms with Gasteiger partial charge in [-0.25, -0.2) is 13.2 Å². The molecule has 0 aliphatic carbocycles. The number of esters is 1. The molecule has 1 aromatic heterocycles. The van der Waals surface area contributed by atoms with E-state index in [0.717, 1.165) is 5.56 Å². The number of nitrogens with zero attached hydrogens (tertiary/aromatic N) is 1. The molecule has 2 heterocycles. The van der Waals surface area contributed by atoms with Crippen molar-refractivity contribution in [3.8, 4) is 0 Å². The lowest BCUT2D eigenvalue weighted by Crippen LogP contribution is -2.40. The quantitative estimate of drug-likeness (QED) is 0.709. The molecule has 2 aromatic rings. The van der Waals surface area contributed by atoms with Gasteiger partial charge >= 0.3 is 5.97 Å². The summed E-state index contributed by atoms with van der Waals surface area (Å²) in [6.45, 7) is 7.65. The Morgan fingerprint density at radius 1 is 1.07 bits per heavy atom. The minimum atomic E-state index is -3.78. The average molecular weight is 407 g/mol. The minimum Gasteiger partial charge on any atom is -0.455 e. The van der Waals surface area contributed by atoms with Gasteiger partial charge in [0, 0.05) is 13.1 Å². The summed E-state index contributed by atoms with van der Waals surface area (Å²) in [5.41, 5.74) is 2.08. The van der Waals surface area contributed by atoms with E-state index < -0.39 is 16.0 Å². The van der Waals surface area contributed by atoms with Crippen LogP contribution in [0.5, 0.6) is 0 Å². The van der Waals surface area contributed by atoms with Gasteiger partial charge in [0.15, 0.2) is 0 Å². The first-order chi connectivity index (χ1) is 13.2. The molecule has 152 valence electrons. The van der Waals surface area contributed by atoms with Crippen LogP contribution in [0.2, 0.25) is 0 Å². The highest BCUT2D eigenvalue weighted by atomic mass is 32.2. The van der Waals surface area contributed by atoms with Gasteiger partial charge in [0.05, 0.1) is 13.2 Å². The van der Waals surface area contributed by atoms with Crippen LogP contribution in [0.3, 0.4) is 0 Å². The Morgan fingerprint density at radius 2 is 1.71 bits per heavy atom. The van der Waals surface area contributed by atoms with Crippen molar-refractivity contribution < 1.29 is 27.1 Å². The summed E-state index contributed by atoms with van der Waals surface area (Å²) >= 11 is 0. The second kappa shape index (κ2) is 8.06. The van der Waals surface area contributed by atoms with E-state index in [2.05, 4.69) is 20.8 Å². The number of morpholine rings is 1. The zero-order valence-electron chi connectivity index (χ0n) is 16.3. The molecule has 0 bridgehead atoms. The maximum absolute atomic E-state index is 12.5. The first-order valence-corrected chi connectivity index (χ1v) is 10.6. The number of hydrogen-bond acceptors (Lipinski definition) is 6. The molecule has 1 saturated heterocycles. The fourth-order valence-electron chi connectivity index (χ4n) is 2.80. The number of benzene rings is 1. The molecule has 8 heteroatoms. The van der Waals surface area contributed by atoms with Gasteiger partial charge in [-0.2, -0.15) is 4.31 Å². The monoisotopic (exact) mass is 407 g/mol. The summed E-state index contributed by atoms with van der Waals surface area (Å²) in [4.78, 5) is 12.2. The molecular formula is C20H25NO6S. The van der Waals surface area contributed by atoms with Crippen molar-refractivity contribution in [3.05, 3.63) is 53.3 Å². The summed E-state index contributed by atoms with van der Waals surface area (Å²) < 4.78 is 42.0. The number of hydrogen-bond donors (Lipinski definition) is 0. The van der Waals surface area contributed by atoms with Crippen LogP contribution in [0.25, 0.3) is 0 Å². The average Bonchev–Trinajstić information content (AvgIpc) is 3.17. The number of carbonyl (C=O) groups excluding carboxylic acids is 1. The van der Waals surface area contributed by atoms with Crippen molar-refractivity contribution in [2.24, 2.45) is 0 Å². The van der Waals surface area contributed by atoms with E-state index in [9.17, 15) is 13.2 Å². The Balaban J connectivity index is 1.63. The molecule has 0 atom stereocenters. The topological polar surface area (TPSA) is 86.1 Å². The standard InChI is InChI=1S/C20H25NO6S/c1-20(2,3)16-6-4-15(5-7-16)14-26-19(22)17-8-9-18(27-17)28(23,24)21-10-12-25-13-11-21/h4-9H,10-14H2,1-3H3. The van der Waals surface area contributed by atoms with Crippen LogP contribution in [0.1, 0.15) is 42.5 Å². The highest BCUT2D eigenvalue weighted by molar-refractivity contribution is 7.89. The molecule has 0 unspecified atom stereocenters. The van der Waals surface area contributed by atoms with E-state index in [-0.39, 0.29) is 36.0 Å². The van der Waals surface area contributed by atoms with Crippen molar-refractivity contribution in [2.75, 3.05) is 26.3 Å². The predicted octanol–water partition coefficient (Wildman–Crippen LogP) is 2.96. The summed E-state index contributed by atoms with van der Waals surface area (Å²) in [7, 11) is -3.78. The molecule has 0 N–H and O–H groups in total. The lowest BCUT2D eigenvalue weighted by atomic mass is 9.87. The summed E-state index contributed by atoms with van der Waals surface area (Å²) in [5.74, 6) is -0.846. The van der Waals surface area contributed by atoms with Gasteiger partial charge in [0.25, 0.3) is 10.0 Å². The van der Waals surface area contributed by atoms with Gasteiger partial charge in [0.2, 0.25) is 10.9 Å². The highest BCUT2D eigenvalue weighted by Gasteiger charge is 2.30. The minimum absolute atomic E-state index is 0.0474. The second-order valence-electron chi connectivity index (χ2n) is 7.66. The molecule has 1 fully saturated rings. The van der Waals surface area contributed by atoms with Gasteiger partial charge in [-0.1, -0.05) is 45.0 Å². The molecule has 0 radical (unpaired) electrons. The van der Waals surface area contributed by atoms with Crippen LogP contribution in [0, 0.1) is 0 Å². The van der Waals surface area contributed by atoms with Crippen LogP contribution in [-0.4, -0.2) is 45.0 Å². The van der Waals surface area contributed by atoms with Gasteiger partial charge in [0.1, 0.15) is 6.61 Å². The van der Waals surface area contributed by atoms with E-state index in [0.29, 0.717) is 13.2 Å². The number of ether oxygens (including phenoxy) is 2. The second-order valence-corrected chi connectivity index (χ2v) is 9.53. The molecule has 0 spiro atoms. The Bertz CT molecular complexity index is 918. The van der Waals surface area contributed by atoms with Gasteiger partial charge in [-0.05, 0) is 28.7 Å². The number of furan rings is 1. The van der Waals surface area contributed by atoms with Crippen molar-refractivity contribution in [1.82, 2.24) is 4.31 Å². The first-order valence-electron chi connectivity index (χ1n) is 9.12. The number of rotatable bonds is 5. The molecule has 7 nitrogen and oxygen atoms in total. The smallest absolute Gasteiger partial charge is 0.374 e. The van der Waals surface area contributed by atoms with Gasteiger partial charge < -0.3 is 13.9 Å². The fourth-order valence-corrected chi connectivity index (χ4v) is 4.12. The van der Waals surface area contributed by atoms with Crippen molar-refractivity contribution >= 4 is 16.0 Å². The normalized spacial score (nSPS) is 16.1. The van der Waals surface area contributed by atoms with Crippen LogP contribution in [0.4, 0.5) is 0 Å². The summed E-state index contributed by atoms with van der Waals surface area (Å²) in [6.07, 6.45) is 0. The fraction of sp³-hybridized carbons (Fsp3) is 0.450. The van der Waals surface area contributed by atoms with Gasteiger partial charge in [-0.3, -0.25) is 0 Å². The van der Waals surface area contributed by atoms with Crippen molar-refractivity contribution in [2.45, 2.75) is 37.9 Å². The van der Waals surface area contributed by atoms with E-state index in [1.807, 2.05) is 24.3 Å². The SMILES string of the molecule is CC(C)(C)c1ccc(COC(=O)c2ccc(S(=O)(=O)N3CCOCC3)o2)cc1. The molecule has 1 aliphatic heterocycles. The number of sulfonamides is 1. The number of carbonyl (C=O) groups is 1. The van der Waals surface area contributed by atoms with Gasteiger partial charge in [-0.15, -0.1) is 0 Å². The molecule has 0 amide bonds.